The summed E-state index contributed by atoms with van der Waals surface area (Å²) >= 11 is 0. The van der Waals surface area contributed by atoms with Crippen LogP contribution in [-0.4, -0.2) is 47.9 Å². The second-order valence-electron chi connectivity index (χ2n) is 8.40. The minimum Gasteiger partial charge on any atom is -0.459 e. The zero-order valence-electron chi connectivity index (χ0n) is 17.8. The molecule has 1 heterocycles. The fourth-order valence-corrected chi connectivity index (χ4v) is 4.09. The van der Waals surface area contributed by atoms with Crippen LogP contribution in [0, 0.1) is 11.8 Å². The van der Waals surface area contributed by atoms with E-state index in [-0.39, 0.29) is 23.9 Å². The molecule has 7 heteroatoms. The molecule has 7 nitrogen and oxygen atoms in total. The molecule has 158 valence electrons. The van der Waals surface area contributed by atoms with Gasteiger partial charge in [0.2, 0.25) is 0 Å². The van der Waals surface area contributed by atoms with Gasteiger partial charge in [-0.3, -0.25) is 14.4 Å². The van der Waals surface area contributed by atoms with E-state index in [0.717, 1.165) is 5.57 Å². The lowest BCUT2D eigenvalue weighted by Gasteiger charge is -2.33. The Labute approximate surface area is 166 Å². The van der Waals surface area contributed by atoms with E-state index in [9.17, 15) is 14.4 Å². The first kappa shape index (κ1) is 22.4. The molecule has 0 radical (unpaired) electrons. The summed E-state index contributed by atoms with van der Waals surface area (Å²) in [6.07, 6.45) is 0.894. The Hall–Kier alpha value is -1.89. The molecule has 0 N–H and O–H groups in total. The molecule has 0 unspecified atom stereocenters. The Kier molecular flexibility index (Phi) is 6.91. The highest BCUT2D eigenvalue weighted by atomic mass is 16.6. The fourth-order valence-electron chi connectivity index (χ4n) is 4.09. The molecule has 0 aromatic heterocycles. The second-order valence-corrected chi connectivity index (χ2v) is 8.40. The normalized spacial score (nSPS) is 37.1. The van der Waals surface area contributed by atoms with Crippen molar-refractivity contribution in [1.82, 2.24) is 0 Å². The molecule has 0 saturated carbocycles. The fraction of sp³-hybridized carbons (Fsp3) is 0.762. The summed E-state index contributed by atoms with van der Waals surface area (Å²) in [4.78, 5) is 35.1. The van der Waals surface area contributed by atoms with Gasteiger partial charge in [0.25, 0.3) is 0 Å². The first-order valence-electron chi connectivity index (χ1n) is 9.80. The predicted molar refractivity (Wildman–Crippen MR) is 101 cm³/mol. The van der Waals surface area contributed by atoms with E-state index >= 15 is 0 Å². The Morgan fingerprint density at radius 1 is 1.07 bits per heavy atom. The maximum absolute atomic E-state index is 11.7. The lowest BCUT2D eigenvalue weighted by Crippen LogP contribution is -2.42. The summed E-state index contributed by atoms with van der Waals surface area (Å²) in [7, 11) is 0. The van der Waals surface area contributed by atoms with E-state index in [1.807, 2.05) is 19.9 Å². The standard InChI is InChI=1S/C21H32O7/c1-11(2)16-9-8-12(3)18(26-14(5)23)17(25-13(4)22)10-21(7)20(28-21)19(16)27-15(6)24/h8,11,16-20H,9-10H2,1-7H3/b12-8-/t16-,17+,18+,19+,20-,21-/m0/s1. The minimum absolute atomic E-state index is 0.0499. The van der Waals surface area contributed by atoms with E-state index in [1.54, 1.807) is 0 Å². The number of hydrogen-bond donors (Lipinski definition) is 0. The van der Waals surface area contributed by atoms with Gasteiger partial charge in [-0.05, 0) is 31.8 Å². The first-order valence-corrected chi connectivity index (χ1v) is 9.80. The molecule has 0 aromatic carbocycles. The average Bonchev–Trinajstić information content (AvgIpc) is 3.20. The van der Waals surface area contributed by atoms with Gasteiger partial charge < -0.3 is 18.9 Å². The van der Waals surface area contributed by atoms with Gasteiger partial charge in [-0.15, -0.1) is 0 Å². The van der Waals surface area contributed by atoms with Crippen molar-refractivity contribution >= 4 is 17.9 Å². The molecule has 1 aliphatic carbocycles. The van der Waals surface area contributed by atoms with Crippen molar-refractivity contribution in [2.45, 2.75) is 91.3 Å². The maximum Gasteiger partial charge on any atom is 0.303 e. The number of carbonyl (C=O) groups is 3. The Bertz CT molecular complexity index is 653. The molecule has 0 bridgehead atoms. The van der Waals surface area contributed by atoms with Gasteiger partial charge >= 0.3 is 17.9 Å². The van der Waals surface area contributed by atoms with Crippen molar-refractivity contribution in [3.8, 4) is 0 Å². The summed E-state index contributed by atoms with van der Waals surface area (Å²) in [6, 6.07) is 0. The van der Waals surface area contributed by atoms with E-state index in [2.05, 4.69) is 13.8 Å². The topological polar surface area (TPSA) is 91.4 Å². The van der Waals surface area contributed by atoms with Crippen LogP contribution in [0.2, 0.25) is 0 Å². The number of esters is 3. The number of epoxide rings is 1. The van der Waals surface area contributed by atoms with Crippen LogP contribution in [-0.2, 0) is 33.3 Å². The molecule has 28 heavy (non-hydrogen) atoms. The Morgan fingerprint density at radius 2 is 1.64 bits per heavy atom. The second kappa shape index (κ2) is 8.64. The third-order valence-electron chi connectivity index (χ3n) is 5.53. The van der Waals surface area contributed by atoms with Crippen molar-refractivity contribution in [3.05, 3.63) is 11.6 Å². The monoisotopic (exact) mass is 396 g/mol. The van der Waals surface area contributed by atoms with E-state index in [1.165, 1.54) is 20.8 Å². The third kappa shape index (κ3) is 5.34. The molecule has 2 aliphatic rings. The van der Waals surface area contributed by atoms with Gasteiger partial charge in [-0.1, -0.05) is 19.9 Å². The molecule has 0 spiro atoms. The quantitative estimate of drug-likeness (QED) is 0.312. The Balaban J connectivity index is 2.45. The van der Waals surface area contributed by atoms with Crippen molar-refractivity contribution in [2.75, 3.05) is 0 Å². The van der Waals surface area contributed by atoms with Crippen LogP contribution in [0.4, 0.5) is 0 Å². The Morgan fingerprint density at radius 3 is 2.14 bits per heavy atom. The molecular weight excluding hydrogens is 364 g/mol. The highest BCUT2D eigenvalue weighted by molar-refractivity contribution is 5.68. The lowest BCUT2D eigenvalue weighted by molar-refractivity contribution is -0.164. The van der Waals surface area contributed by atoms with Crippen LogP contribution in [0.1, 0.15) is 61.3 Å². The average molecular weight is 396 g/mol. The molecule has 0 amide bonds. The van der Waals surface area contributed by atoms with Crippen LogP contribution >= 0.6 is 0 Å². The van der Waals surface area contributed by atoms with Crippen molar-refractivity contribution < 1.29 is 33.3 Å². The number of hydrogen-bond acceptors (Lipinski definition) is 7. The summed E-state index contributed by atoms with van der Waals surface area (Å²) in [6.45, 7) is 12.0. The van der Waals surface area contributed by atoms with Gasteiger partial charge in [-0.25, -0.2) is 0 Å². The maximum atomic E-state index is 11.7. The van der Waals surface area contributed by atoms with Gasteiger partial charge in [0.05, 0.1) is 5.60 Å². The first-order chi connectivity index (χ1) is 12.9. The molecule has 0 aromatic rings. The number of allylic oxidation sites excluding steroid dienone is 1. The van der Waals surface area contributed by atoms with Gasteiger partial charge in [0, 0.05) is 33.1 Å². The molecule has 1 saturated heterocycles. The minimum atomic E-state index is -0.679. The molecular formula is C21H32O7. The summed E-state index contributed by atoms with van der Waals surface area (Å²) in [5.74, 6) is -0.944. The van der Waals surface area contributed by atoms with Crippen LogP contribution < -0.4 is 0 Å². The summed E-state index contributed by atoms with van der Waals surface area (Å²) in [5.41, 5.74) is 0.167. The number of carbonyl (C=O) groups excluding carboxylic acids is 3. The summed E-state index contributed by atoms with van der Waals surface area (Å²) < 4.78 is 22.7. The van der Waals surface area contributed by atoms with E-state index < -0.39 is 35.9 Å². The predicted octanol–water partition coefficient (Wildman–Crippen LogP) is 2.95. The summed E-state index contributed by atoms with van der Waals surface area (Å²) in [5, 5.41) is 0. The van der Waals surface area contributed by atoms with Gasteiger partial charge in [0.15, 0.2) is 6.10 Å². The smallest absolute Gasteiger partial charge is 0.303 e. The zero-order valence-corrected chi connectivity index (χ0v) is 17.8. The number of fused-ring (bicyclic) bond motifs is 1. The highest BCUT2D eigenvalue weighted by Gasteiger charge is 2.61. The largest absolute Gasteiger partial charge is 0.459 e. The zero-order chi connectivity index (χ0) is 21.2. The van der Waals surface area contributed by atoms with Crippen molar-refractivity contribution in [2.24, 2.45) is 11.8 Å². The highest BCUT2D eigenvalue weighted by Crippen LogP contribution is 2.48. The van der Waals surface area contributed by atoms with Crippen molar-refractivity contribution in [1.29, 1.82) is 0 Å². The van der Waals surface area contributed by atoms with E-state index in [4.69, 9.17) is 18.9 Å². The number of rotatable bonds is 4. The van der Waals surface area contributed by atoms with Crippen LogP contribution in [0.25, 0.3) is 0 Å². The van der Waals surface area contributed by atoms with Crippen molar-refractivity contribution in [3.63, 3.8) is 0 Å². The van der Waals surface area contributed by atoms with Gasteiger partial charge in [-0.2, -0.15) is 0 Å². The van der Waals surface area contributed by atoms with Gasteiger partial charge in [0.1, 0.15) is 18.3 Å². The SMILES string of the molecule is CC(=O)O[C@@H]1[C@H](C(C)C)C/C=C(/C)[C@@H](OC(C)=O)[C@H](OC(C)=O)C[C@]2(C)O[C@@H]12. The molecule has 6 atom stereocenters. The molecule has 1 aliphatic heterocycles. The lowest BCUT2D eigenvalue weighted by atomic mass is 9.79. The third-order valence-corrected chi connectivity index (χ3v) is 5.53. The number of ether oxygens (including phenoxy) is 4. The van der Waals surface area contributed by atoms with Crippen LogP contribution in [0.15, 0.2) is 11.6 Å². The van der Waals surface area contributed by atoms with E-state index in [0.29, 0.717) is 12.8 Å². The van der Waals surface area contributed by atoms with Crippen LogP contribution in [0.3, 0.4) is 0 Å². The molecule has 1 fully saturated rings. The van der Waals surface area contributed by atoms with Crippen LogP contribution in [0.5, 0.6) is 0 Å². The molecule has 2 rings (SSSR count).